The Morgan fingerprint density at radius 2 is 1.44 bits per heavy atom. The van der Waals surface area contributed by atoms with Gasteiger partial charge in [-0.3, -0.25) is 4.79 Å². The summed E-state index contributed by atoms with van der Waals surface area (Å²) in [6, 6.07) is 11.7. The van der Waals surface area contributed by atoms with Crippen molar-refractivity contribution in [3.63, 3.8) is 0 Å². The third-order valence-electron chi connectivity index (χ3n) is 3.93. The van der Waals surface area contributed by atoms with Gasteiger partial charge in [-0.05, 0) is 48.5 Å². The lowest BCUT2D eigenvalue weighted by molar-refractivity contribution is 0.0474. The number of esters is 1. The Kier molecular flexibility index (Phi) is 7.12. The van der Waals surface area contributed by atoms with Gasteiger partial charge in [-0.15, -0.1) is 0 Å². The van der Waals surface area contributed by atoms with Crippen LogP contribution in [0.15, 0.2) is 53.4 Å². The van der Waals surface area contributed by atoms with Crippen LogP contribution in [-0.2, 0) is 14.8 Å². The van der Waals surface area contributed by atoms with Gasteiger partial charge in [0.25, 0.3) is 0 Å². The van der Waals surface area contributed by atoms with Gasteiger partial charge in [-0.2, -0.15) is 4.31 Å². The number of ether oxygens (including phenoxy) is 1. The average molecular weight is 410 g/mol. The van der Waals surface area contributed by atoms with E-state index in [4.69, 9.17) is 16.3 Å². The Balaban J connectivity index is 2.03. The Hall–Kier alpha value is -2.22. The third kappa shape index (κ3) is 5.15. The van der Waals surface area contributed by atoms with Gasteiger partial charge in [0, 0.05) is 23.7 Å². The maximum absolute atomic E-state index is 12.4. The number of halogens is 1. The second-order valence-corrected chi connectivity index (χ2v) is 7.99. The number of ketones is 1. The first-order chi connectivity index (χ1) is 12.8. The number of sulfonamides is 1. The summed E-state index contributed by atoms with van der Waals surface area (Å²) in [4.78, 5) is 24.2. The molecule has 0 radical (unpaired) electrons. The summed E-state index contributed by atoms with van der Waals surface area (Å²) in [5.74, 6) is -1.06. The first-order valence-corrected chi connectivity index (χ1v) is 10.2. The molecule has 0 unspecified atom stereocenters. The smallest absolute Gasteiger partial charge is 0.338 e. The number of carbonyl (C=O) groups is 2. The van der Waals surface area contributed by atoms with Crippen LogP contribution in [0.25, 0.3) is 0 Å². The van der Waals surface area contributed by atoms with Crippen LogP contribution < -0.4 is 0 Å². The van der Waals surface area contributed by atoms with Crippen molar-refractivity contribution in [2.24, 2.45) is 0 Å². The maximum atomic E-state index is 12.4. The molecule has 0 aliphatic heterocycles. The minimum atomic E-state index is -3.59. The van der Waals surface area contributed by atoms with E-state index in [2.05, 4.69) is 0 Å². The van der Waals surface area contributed by atoms with Crippen LogP contribution >= 0.6 is 11.6 Å². The molecule has 6 nitrogen and oxygen atoms in total. The zero-order chi connectivity index (χ0) is 20.0. The molecule has 0 atom stereocenters. The zero-order valence-electron chi connectivity index (χ0n) is 15.0. The van der Waals surface area contributed by atoms with E-state index >= 15 is 0 Å². The Bertz CT molecular complexity index is 904. The SMILES string of the molecule is CCN(CC)S(=O)(=O)c1ccc(C(=O)OCC(=O)c2ccc(Cl)cc2)cc1. The highest BCUT2D eigenvalue weighted by molar-refractivity contribution is 7.89. The molecule has 144 valence electrons. The van der Waals surface area contributed by atoms with Crippen molar-refractivity contribution in [3.05, 3.63) is 64.7 Å². The lowest BCUT2D eigenvalue weighted by Crippen LogP contribution is -2.30. The Labute approximate surface area is 163 Å². The number of hydrogen-bond acceptors (Lipinski definition) is 5. The molecule has 0 aromatic heterocycles. The van der Waals surface area contributed by atoms with Gasteiger partial charge in [0.15, 0.2) is 12.4 Å². The van der Waals surface area contributed by atoms with Gasteiger partial charge < -0.3 is 4.74 Å². The van der Waals surface area contributed by atoms with Crippen LogP contribution in [-0.4, -0.2) is 44.2 Å². The molecule has 0 fully saturated rings. The summed E-state index contributed by atoms with van der Waals surface area (Å²) < 4.78 is 31.2. The van der Waals surface area contributed by atoms with E-state index in [0.29, 0.717) is 23.7 Å². The Morgan fingerprint density at radius 3 is 1.96 bits per heavy atom. The van der Waals surface area contributed by atoms with Gasteiger partial charge in [0.2, 0.25) is 10.0 Å². The molecule has 27 heavy (non-hydrogen) atoms. The van der Waals surface area contributed by atoms with E-state index in [1.807, 2.05) is 0 Å². The van der Waals surface area contributed by atoms with E-state index in [1.165, 1.54) is 28.6 Å². The van der Waals surface area contributed by atoms with Crippen molar-refractivity contribution in [1.29, 1.82) is 0 Å². The van der Waals surface area contributed by atoms with E-state index in [0.717, 1.165) is 0 Å². The second-order valence-electron chi connectivity index (χ2n) is 5.62. The van der Waals surface area contributed by atoms with Crippen LogP contribution in [0.4, 0.5) is 0 Å². The fourth-order valence-electron chi connectivity index (χ4n) is 2.41. The van der Waals surface area contributed by atoms with E-state index in [-0.39, 0.29) is 16.2 Å². The molecule has 0 saturated heterocycles. The lowest BCUT2D eigenvalue weighted by Gasteiger charge is -2.18. The van der Waals surface area contributed by atoms with Crippen molar-refractivity contribution in [1.82, 2.24) is 4.31 Å². The number of nitrogens with zero attached hydrogens (tertiary/aromatic N) is 1. The first kappa shape index (κ1) is 21.1. The molecular formula is C19H20ClNO5S. The lowest BCUT2D eigenvalue weighted by atomic mass is 10.1. The summed E-state index contributed by atoms with van der Waals surface area (Å²) in [6.45, 7) is 3.81. The minimum absolute atomic E-state index is 0.0972. The van der Waals surface area contributed by atoms with Crippen molar-refractivity contribution >= 4 is 33.4 Å². The standard InChI is InChI=1S/C19H20ClNO5S/c1-3-21(4-2)27(24,25)17-11-7-15(8-12-17)19(23)26-13-18(22)14-5-9-16(20)10-6-14/h5-12H,3-4,13H2,1-2H3. The molecule has 0 aliphatic carbocycles. The van der Waals surface area contributed by atoms with Gasteiger partial charge in [-0.1, -0.05) is 25.4 Å². The topological polar surface area (TPSA) is 80.8 Å². The molecule has 0 heterocycles. The molecule has 0 aliphatic rings. The molecule has 0 N–H and O–H groups in total. The molecule has 2 aromatic rings. The molecule has 0 amide bonds. The third-order valence-corrected chi connectivity index (χ3v) is 6.25. The summed E-state index contributed by atoms with van der Waals surface area (Å²) in [5.41, 5.74) is 0.547. The number of rotatable bonds is 8. The first-order valence-electron chi connectivity index (χ1n) is 8.35. The van der Waals surface area contributed by atoms with Crippen molar-refractivity contribution in [2.45, 2.75) is 18.7 Å². The molecule has 0 bridgehead atoms. The summed E-state index contributed by atoms with van der Waals surface area (Å²) >= 11 is 5.76. The summed E-state index contributed by atoms with van der Waals surface area (Å²) in [6.07, 6.45) is 0. The van der Waals surface area contributed by atoms with Crippen molar-refractivity contribution < 1.29 is 22.7 Å². The number of carbonyl (C=O) groups excluding carboxylic acids is 2. The monoisotopic (exact) mass is 409 g/mol. The van der Waals surface area contributed by atoms with E-state index < -0.39 is 22.6 Å². The normalized spacial score (nSPS) is 11.4. The molecule has 8 heteroatoms. The molecule has 2 rings (SSSR count). The molecule has 2 aromatic carbocycles. The van der Waals surface area contributed by atoms with Gasteiger partial charge in [0.1, 0.15) is 0 Å². The highest BCUT2D eigenvalue weighted by Gasteiger charge is 2.22. The number of Topliss-reactive ketones (excluding diaryl/α,β-unsaturated/α-hetero) is 1. The van der Waals surface area contributed by atoms with E-state index in [9.17, 15) is 18.0 Å². The maximum Gasteiger partial charge on any atom is 0.338 e. The van der Waals surface area contributed by atoms with Gasteiger partial charge in [0.05, 0.1) is 10.5 Å². The van der Waals surface area contributed by atoms with Crippen LogP contribution in [0.5, 0.6) is 0 Å². The predicted octanol–water partition coefficient (Wildman–Crippen LogP) is 3.41. The van der Waals surface area contributed by atoms with Gasteiger partial charge in [-0.25, -0.2) is 13.2 Å². The van der Waals surface area contributed by atoms with E-state index in [1.54, 1.807) is 38.1 Å². The number of hydrogen-bond donors (Lipinski definition) is 0. The fraction of sp³-hybridized carbons (Fsp3) is 0.263. The van der Waals surface area contributed by atoms with Crippen LogP contribution in [0.1, 0.15) is 34.6 Å². The second kappa shape index (κ2) is 9.12. The highest BCUT2D eigenvalue weighted by Crippen LogP contribution is 2.17. The molecule has 0 saturated carbocycles. The van der Waals surface area contributed by atoms with Gasteiger partial charge >= 0.3 is 5.97 Å². The predicted molar refractivity (Wildman–Crippen MR) is 103 cm³/mol. The summed E-state index contributed by atoms with van der Waals surface area (Å²) in [7, 11) is -3.59. The number of benzene rings is 2. The average Bonchev–Trinajstić information content (AvgIpc) is 2.67. The quantitative estimate of drug-likeness (QED) is 0.493. The largest absolute Gasteiger partial charge is 0.454 e. The molecule has 0 spiro atoms. The minimum Gasteiger partial charge on any atom is -0.454 e. The van der Waals surface area contributed by atoms with Crippen molar-refractivity contribution in [3.8, 4) is 0 Å². The summed E-state index contributed by atoms with van der Waals surface area (Å²) in [5, 5.41) is 0.503. The fourth-order valence-corrected chi connectivity index (χ4v) is 3.99. The zero-order valence-corrected chi connectivity index (χ0v) is 16.6. The van der Waals surface area contributed by atoms with Crippen LogP contribution in [0.2, 0.25) is 5.02 Å². The highest BCUT2D eigenvalue weighted by atomic mass is 35.5. The van der Waals surface area contributed by atoms with Crippen LogP contribution in [0, 0.1) is 0 Å². The Morgan fingerprint density at radius 1 is 0.926 bits per heavy atom. The molecular weight excluding hydrogens is 390 g/mol. The van der Waals surface area contributed by atoms with Crippen molar-refractivity contribution in [2.75, 3.05) is 19.7 Å². The van der Waals surface area contributed by atoms with Crippen LogP contribution in [0.3, 0.4) is 0 Å².